The van der Waals surface area contributed by atoms with Crippen molar-refractivity contribution in [3.8, 4) is 0 Å². The third-order valence-corrected chi connectivity index (χ3v) is 5.53. The topological polar surface area (TPSA) is 72.3 Å². The van der Waals surface area contributed by atoms with E-state index in [2.05, 4.69) is 20.4 Å². The summed E-state index contributed by atoms with van der Waals surface area (Å²) >= 11 is 0.915. The van der Waals surface area contributed by atoms with E-state index in [-0.39, 0.29) is 16.8 Å². The Balaban J connectivity index is 1.52. The Hall–Kier alpha value is -2.11. The number of hydrogen-bond acceptors (Lipinski definition) is 6. The fourth-order valence-corrected chi connectivity index (χ4v) is 3.69. The average Bonchev–Trinajstić information content (AvgIpc) is 3.07. The van der Waals surface area contributed by atoms with Crippen LogP contribution in [0.1, 0.15) is 17.0 Å². The van der Waals surface area contributed by atoms with Gasteiger partial charge in [0.05, 0.1) is 19.0 Å². The molecule has 1 N–H and O–H groups in total. The summed E-state index contributed by atoms with van der Waals surface area (Å²) in [6.45, 7) is 4.31. The Morgan fingerprint density at radius 1 is 1.21 bits per heavy atom. The summed E-state index contributed by atoms with van der Waals surface area (Å²) in [6.07, 6.45) is -4.58. The number of ether oxygens (including phenoxy) is 1. The number of carbonyl (C=O) groups excluding carboxylic acids is 1. The van der Waals surface area contributed by atoms with Crippen LogP contribution in [0.15, 0.2) is 29.4 Å². The maximum atomic E-state index is 12.8. The molecule has 11 heteroatoms. The number of aromatic nitrogens is 3. The Bertz CT molecular complexity index is 837. The molecule has 0 unspecified atom stereocenters. The lowest BCUT2D eigenvalue weighted by atomic mass is 10.1. The van der Waals surface area contributed by atoms with Crippen LogP contribution in [0.5, 0.6) is 0 Å². The molecule has 1 fully saturated rings. The molecule has 0 aliphatic carbocycles. The number of carbonyl (C=O) groups is 1. The minimum absolute atomic E-state index is 0.0418. The monoisotopic (exact) mass is 429 g/mol. The van der Waals surface area contributed by atoms with Crippen LogP contribution < -0.4 is 5.32 Å². The van der Waals surface area contributed by atoms with Gasteiger partial charge in [0, 0.05) is 33.2 Å². The van der Waals surface area contributed by atoms with Gasteiger partial charge in [0.15, 0.2) is 5.16 Å². The first-order valence-electron chi connectivity index (χ1n) is 9.07. The van der Waals surface area contributed by atoms with E-state index < -0.39 is 12.0 Å². The van der Waals surface area contributed by atoms with Crippen molar-refractivity contribution in [2.45, 2.75) is 24.4 Å². The Kier molecular flexibility index (Phi) is 7.14. The smallest absolute Gasteiger partial charge is 0.379 e. The molecule has 0 atom stereocenters. The van der Waals surface area contributed by atoms with E-state index in [1.54, 1.807) is 0 Å². The summed E-state index contributed by atoms with van der Waals surface area (Å²) in [5.41, 5.74) is 2.14. The summed E-state index contributed by atoms with van der Waals surface area (Å²) in [4.78, 5) is 14.5. The quantitative estimate of drug-likeness (QED) is 0.680. The fourth-order valence-electron chi connectivity index (χ4n) is 2.95. The van der Waals surface area contributed by atoms with Gasteiger partial charge in [-0.2, -0.15) is 13.2 Å². The molecule has 2 heterocycles. The average molecular weight is 429 g/mol. The van der Waals surface area contributed by atoms with Gasteiger partial charge < -0.3 is 14.6 Å². The molecule has 1 aromatic heterocycles. The van der Waals surface area contributed by atoms with Crippen LogP contribution in [-0.4, -0.2) is 57.6 Å². The molecule has 1 amide bonds. The molecule has 7 nitrogen and oxygen atoms in total. The van der Waals surface area contributed by atoms with Crippen molar-refractivity contribution in [1.82, 2.24) is 25.0 Å². The van der Waals surface area contributed by atoms with Gasteiger partial charge in [0.25, 0.3) is 0 Å². The molecule has 3 rings (SSSR count). The van der Waals surface area contributed by atoms with Crippen LogP contribution in [0.3, 0.4) is 0 Å². The van der Waals surface area contributed by atoms with Gasteiger partial charge in [0.1, 0.15) is 0 Å². The van der Waals surface area contributed by atoms with E-state index in [1.165, 1.54) is 7.05 Å². The van der Waals surface area contributed by atoms with Crippen LogP contribution in [0, 0.1) is 0 Å². The predicted octanol–water partition coefficient (Wildman–Crippen LogP) is 2.07. The largest absolute Gasteiger partial charge is 0.451 e. The molecule has 1 aliphatic heterocycles. The van der Waals surface area contributed by atoms with Gasteiger partial charge in [-0.3, -0.25) is 9.69 Å². The number of nitrogens with one attached hydrogen (secondary N) is 1. The zero-order valence-corrected chi connectivity index (χ0v) is 16.7. The molecule has 1 saturated heterocycles. The van der Waals surface area contributed by atoms with Crippen molar-refractivity contribution in [2.75, 3.05) is 32.1 Å². The van der Waals surface area contributed by atoms with Gasteiger partial charge in [-0.05, 0) is 11.1 Å². The van der Waals surface area contributed by atoms with Crippen LogP contribution >= 0.6 is 11.8 Å². The van der Waals surface area contributed by atoms with Crippen molar-refractivity contribution in [1.29, 1.82) is 0 Å². The molecule has 1 aliphatic rings. The zero-order chi connectivity index (χ0) is 20.9. The normalized spacial score (nSPS) is 15.4. The van der Waals surface area contributed by atoms with E-state index in [4.69, 9.17) is 4.74 Å². The Morgan fingerprint density at radius 2 is 1.90 bits per heavy atom. The standard InChI is InChI=1S/C18H22F3N5O2S/c1-25-16(18(19,20)21)23-24-17(25)29-12-15(27)22-10-13-4-2-3-5-14(13)11-26-6-8-28-9-7-26/h2-5H,6-12H2,1H3,(H,22,27). The lowest BCUT2D eigenvalue weighted by Crippen LogP contribution is -2.36. The minimum Gasteiger partial charge on any atom is -0.379 e. The van der Waals surface area contributed by atoms with Gasteiger partial charge in [-0.25, -0.2) is 0 Å². The summed E-state index contributed by atoms with van der Waals surface area (Å²) in [7, 11) is 1.23. The number of amides is 1. The SMILES string of the molecule is Cn1c(SCC(=O)NCc2ccccc2CN2CCOCC2)nnc1C(F)(F)F. The molecule has 0 spiro atoms. The highest BCUT2D eigenvalue weighted by Crippen LogP contribution is 2.29. The van der Waals surface area contributed by atoms with Gasteiger partial charge in [-0.15, -0.1) is 10.2 Å². The maximum Gasteiger partial charge on any atom is 0.451 e. The highest BCUT2D eigenvalue weighted by Gasteiger charge is 2.37. The zero-order valence-electron chi connectivity index (χ0n) is 15.9. The minimum atomic E-state index is -4.58. The molecule has 29 heavy (non-hydrogen) atoms. The second kappa shape index (κ2) is 9.59. The summed E-state index contributed by atoms with van der Waals surface area (Å²) in [5, 5.41) is 9.52. The number of alkyl halides is 3. The second-order valence-electron chi connectivity index (χ2n) is 6.59. The van der Waals surface area contributed by atoms with E-state index >= 15 is 0 Å². The van der Waals surface area contributed by atoms with Crippen LogP contribution in [0.4, 0.5) is 13.2 Å². The maximum absolute atomic E-state index is 12.8. The van der Waals surface area contributed by atoms with Gasteiger partial charge in [-0.1, -0.05) is 36.0 Å². The van der Waals surface area contributed by atoms with Crippen molar-refractivity contribution in [3.05, 3.63) is 41.2 Å². The summed E-state index contributed by atoms with van der Waals surface area (Å²) in [6, 6.07) is 7.87. The molecular weight excluding hydrogens is 407 g/mol. The van der Waals surface area contributed by atoms with Crippen molar-refractivity contribution in [2.24, 2.45) is 7.05 Å². The van der Waals surface area contributed by atoms with E-state index in [1.807, 2.05) is 24.3 Å². The summed E-state index contributed by atoms with van der Waals surface area (Å²) in [5.74, 6) is -1.42. The third-order valence-electron chi connectivity index (χ3n) is 4.51. The number of hydrogen-bond donors (Lipinski definition) is 1. The Morgan fingerprint density at radius 3 is 2.55 bits per heavy atom. The van der Waals surface area contributed by atoms with E-state index in [0.29, 0.717) is 19.8 Å². The highest BCUT2D eigenvalue weighted by molar-refractivity contribution is 7.99. The lowest BCUT2D eigenvalue weighted by molar-refractivity contribution is -0.147. The summed E-state index contributed by atoms with van der Waals surface area (Å²) < 4.78 is 44.5. The second-order valence-corrected chi connectivity index (χ2v) is 7.53. The first-order valence-corrected chi connectivity index (χ1v) is 10.1. The Labute approximate surface area is 170 Å². The molecule has 0 radical (unpaired) electrons. The molecule has 2 aromatic rings. The van der Waals surface area contributed by atoms with E-state index in [0.717, 1.165) is 47.1 Å². The van der Waals surface area contributed by atoms with Gasteiger partial charge >= 0.3 is 6.18 Å². The van der Waals surface area contributed by atoms with Crippen molar-refractivity contribution in [3.63, 3.8) is 0 Å². The van der Waals surface area contributed by atoms with Crippen LogP contribution in [0.2, 0.25) is 0 Å². The number of nitrogens with zero attached hydrogens (tertiary/aromatic N) is 4. The number of halogens is 3. The molecule has 158 valence electrons. The first-order chi connectivity index (χ1) is 13.8. The number of benzene rings is 1. The van der Waals surface area contributed by atoms with Crippen LogP contribution in [-0.2, 0) is 35.8 Å². The molecule has 1 aromatic carbocycles. The van der Waals surface area contributed by atoms with Crippen molar-refractivity contribution >= 4 is 17.7 Å². The van der Waals surface area contributed by atoms with Crippen LogP contribution in [0.25, 0.3) is 0 Å². The number of morpholine rings is 1. The predicted molar refractivity (Wildman–Crippen MR) is 101 cm³/mol. The lowest BCUT2D eigenvalue weighted by Gasteiger charge is -2.27. The highest BCUT2D eigenvalue weighted by atomic mass is 32.2. The number of rotatable bonds is 7. The first kappa shape index (κ1) is 21.6. The molecule has 0 bridgehead atoms. The third kappa shape index (κ3) is 5.94. The van der Waals surface area contributed by atoms with E-state index in [9.17, 15) is 18.0 Å². The van der Waals surface area contributed by atoms with Gasteiger partial charge in [0.2, 0.25) is 11.7 Å². The van der Waals surface area contributed by atoms with Crippen molar-refractivity contribution < 1.29 is 22.7 Å². The molecular formula is C18H22F3N5O2S. The molecule has 0 saturated carbocycles. The number of thioether (sulfide) groups is 1. The fraction of sp³-hybridized carbons (Fsp3) is 0.500.